The first-order valence-corrected chi connectivity index (χ1v) is 12.2. The van der Waals surface area contributed by atoms with Crippen molar-refractivity contribution in [2.75, 3.05) is 0 Å². The molecule has 9 atom stereocenters. The fourth-order valence-electron chi connectivity index (χ4n) is 8.31. The summed E-state index contributed by atoms with van der Waals surface area (Å²) in [7, 11) is -4.61. The van der Waals surface area contributed by atoms with E-state index in [0.717, 1.165) is 25.2 Å². The van der Waals surface area contributed by atoms with Crippen LogP contribution in [0.4, 0.5) is 0 Å². The molecule has 0 heterocycles. The number of hydrogen-bond donors (Lipinski definition) is 1. The third-order valence-electron chi connectivity index (χ3n) is 9.53. The van der Waals surface area contributed by atoms with E-state index in [0.29, 0.717) is 36.5 Å². The molecule has 0 amide bonds. The largest absolute Gasteiger partial charge is 1.00 e. The van der Waals surface area contributed by atoms with E-state index in [9.17, 15) is 18.1 Å². The minimum absolute atomic E-state index is 0. The van der Waals surface area contributed by atoms with Gasteiger partial charge in [0.1, 0.15) is 0 Å². The van der Waals surface area contributed by atoms with E-state index >= 15 is 0 Å². The molecule has 0 spiro atoms. The predicted molar refractivity (Wildman–Crippen MR) is 101 cm³/mol. The van der Waals surface area contributed by atoms with Crippen LogP contribution in [0.3, 0.4) is 0 Å². The maximum absolute atomic E-state index is 11.0. The quantitative estimate of drug-likeness (QED) is 0.414. The summed E-state index contributed by atoms with van der Waals surface area (Å²) in [5.41, 5.74) is 0.509. The first-order valence-electron chi connectivity index (χ1n) is 10.9. The molecular formula is C21H35NaO5S. The molecule has 0 bridgehead atoms. The summed E-state index contributed by atoms with van der Waals surface area (Å²) in [5, 5.41) is 10.3. The van der Waals surface area contributed by atoms with Crippen molar-refractivity contribution < 1.29 is 51.8 Å². The summed E-state index contributed by atoms with van der Waals surface area (Å²) < 4.78 is 37.9. The van der Waals surface area contributed by atoms with E-state index in [1.165, 1.54) is 25.7 Å². The second kappa shape index (κ2) is 8.07. The molecule has 156 valence electrons. The standard InChI is InChI=1S/C21H36O5S.Na/c1-13(22)17-6-7-18-16-5-4-14-12-15(26-27(23,24)25)8-10-20(14,2)19(16)9-11-21(17,18)3;/h13-19,22H,4-12H2,1-3H3,(H,23,24,25);/q;+1/p-1/t13-,14+,15+,16+,17-,18+,19+,20+,21+;/m1./s1. The molecule has 0 saturated heterocycles. The molecule has 0 radical (unpaired) electrons. The van der Waals surface area contributed by atoms with Crippen molar-refractivity contribution in [1.29, 1.82) is 0 Å². The van der Waals surface area contributed by atoms with Crippen LogP contribution in [0.1, 0.15) is 78.6 Å². The second-order valence-corrected chi connectivity index (χ2v) is 11.5. The average molecular weight is 423 g/mol. The van der Waals surface area contributed by atoms with Crippen LogP contribution in [0.15, 0.2) is 0 Å². The van der Waals surface area contributed by atoms with Crippen molar-refractivity contribution in [1.82, 2.24) is 0 Å². The van der Waals surface area contributed by atoms with Crippen molar-refractivity contribution in [3.05, 3.63) is 0 Å². The third-order valence-corrected chi connectivity index (χ3v) is 10.0. The Kier molecular flexibility index (Phi) is 6.77. The molecule has 4 fully saturated rings. The van der Waals surface area contributed by atoms with Crippen molar-refractivity contribution in [2.24, 2.45) is 40.4 Å². The third kappa shape index (κ3) is 3.89. The van der Waals surface area contributed by atoms with Crippen LogP contribution in [0.5, 0.6) is 0 Å². The molecule has 0 aliphatic heterocycles. The Labute approximate surface area is 192 Å². The van der Waals surface area contributed by atoms with Gasteiger partial charge in [0.25, 0.3) is 0 Å². The van der Waals surface area contributed by atoms with E-state index in [-0.39, 0.29) is 46.5 Å². The Hall–Kier alpha value is 0.830. The van der Waals surface area contributed by atoms with Crippen LogP contribution in [0.25, 0.3) is 0 Å². The summed E-state index contributed by atoms with van der Waals surface area (Å²) >= 11 is 0. The number of rotatable bonds is 3. The van der Waals surface area contributed by atoms with Gasteiger partial charge in [-0.2, -0.15) is 0 Å². The first kappa shape index (κ1) is 23.5. The number of hydrogen-bond acceptors (Lipinski definition) is 5. The van der Waals surface area contributed by atoms with Crippen molar-refractivity contribution in [2.45, 2.75) is 90.8 Å². The van der Waals surface area contributed by atoms with Gasteiger partial charge in [0.05, 0.1) is 12.2 Å². The van der Waals surface area contributed by atoms with Crippen molar-refractivity contribution >= 4 is 10.4 Å². The van der Waals surface area contributed by atoms with E-state index < -0.39 is 16.5 Å². The fourth-order valence-corrected chi connectivity index (χ4v) is 8.81. The van der Waals surface area contributed by atoms with E-state index in [2.05, 4.69) is 13.8 Å². The van der Waals surface area contributed by atoms with E-state index in [1.807, 2.05) is 6.92 Å². The summed E-state index contributed by atoms with van der Waals surface area (Å²) in [4.78, 5) is 0. The molecule has 0 aromatic rings. The van der Waals surface area contributed by atoms with Gasteiger partial charge in [0, 0.05) is 0 Å². The Morgan fingerprint density at radius 3 is 2.29 bits per heavy atom. The Balaban J connectivity index is 0.00000225. The smallest absolute Gasteiger partial charge is 0.726 e. The van der Waals surface area contributed by atoms with Gasteiger partial charge in [-0.05, 0) is 105 Å². The van der Waals surface area contributed by atoms with Gasteiger partial charge < -0.3 is 9.66 Å². The minimum atomic E-state index is -4.61. The zero-order valence-electron chi connectivity index (χ0n) is 17.9. The molecule has 1 N–H and O–H groups in total. The van der Waals surface area contributed by atoms with Crippen LogP contribution < -0.4 is 29.6 Å². The van der Waals surface area contributed by atoms with Crippen LogP contribution in [0.2, 0.25) is 0 Å². The van der Waals surface area contributed by atoms with Crippen LogP contribution in [0, 0.1) is 40.4 Å². The molecule has 4 rings (SSSR count). The molecule has 0 aromatic carbocycles. The van der Waals surface area contributed by atoms with Gasteiger partial charge >= 0.3 is 29.6 Å². The number of aliphatic hydroxyl groups is 1. The summed E-state index contributed by atoms with van der Waals surface area (Å²) in [6.07, 6.45) is 8.83. The van der Waals surface area contributed by atoms with Gasteiger partial charge in [-0.1, -0.05) is 13.8 Å². The summed E-state index contributed by atoms with van der Waals surface area (Å²) in [6.45, 7) is 6.81. The van der Waals surface area contributed by atoms with Crippen molar-refractivity contribution in [3.63, 3.8) is 0 Å². The monoisotopic (exact) mass is 422 g/mol. The Bertz CT molecular complexity index is 682. The molecule has 28 heavy (non-hydrogen) atoms. The normalized spacial score (nSPS) is 49.3. The molecule has 4 saturated carbocycles. The van der Waals surface area contributed by atoms with Gasteiger partial charge in [-0.15, -0.1) is 0 Å². The molecule has 4 aliphatic rings. The molecule has 0 aromatic heterocycles. The first-order chi connectivity index (χ1) is 12.5. The number of fused-ring (bicyclic) bond motifs is 5. The zero-order chi connectivity index (χ0) is 19.6. The average Bonchev–Trinajstić information content (AvgIpc) is 2.91. The summed E-state index contributed by atoms with van der Waals surface area (Å²) in [6, 6.07) is 0. The molecule has 5 nitrogen and oxygen atoms in total. The molecule has 4 aliphatic carbocycles. The van der Waals surface area contributed by atoms with Gasteiger partial charge in [0.15, 0.2) is 0 Å². The van der Waals surface area contributed by atoms with Crippen LogP contribution in [-0.2, 0) is 14.6 Å². The van der Waals surface area contributed by atoms with Gasteiger partial charge in [-0.25, -0.2) is 8.42 Å². The topological polar surface area (TPSA) is 86.7 Å². The second-order valence-electron chi connectivity index (χ2n) is 10.5. The number of aliphatic hydroxyl groups excluding tert-OH is 1. The van der Waals surface area contributed by atoms with Crippen molar-refractivity contribution in [3.8, 4) is 0 Å². The molecular weight excluding hydrogens is 387 g/mol. The van der Waals surface area contributed by atoms with Gasteiger partial charge in [0.2, 0.25) is 10.4 Å². The van der Waals surface area contributed by atoms with Crippen LogP contribution >= 0.6 is 0 Å². The zero-order valence-corrected chi connectivity index (χ0v) is 20.7. The SMILES string of the molecule is C[C@@H](O)[C@H]1CC[C@H]2[C@@H]3CC[C@H]4C[C@@H](OS(=O)(=O)[O-])CC[C@]4(C)[C@H]3CC[C@@]12C.[Na+]. The van der Waals surface area contributed by atoms with E-state index in [4.69, 9.17) is 4.18 Å². The van der Waals surface area contributed by atoms with E-state index in [1.54, 1.807) is 0 Å². The minimum Gasteiger partial charge on any atom is -0.726 e. The van der Waals surface area contributed by atoms with Gasteiger partial charge in [-0.3, -0.25) is 4.18 Å². The molecule has 7 heteroatoms. The molecule has 0 unspecified atom stereocenters. The Morgan fingerprint density at radius 1 is 1.00 bits per heavy atom. The maximum atomic E-state index is 11.0. The fraction of sp³-hybridized carbons (Fsp3) is 1.00. The summed E-state index contributed by atoms with van der Waals surface area (Å²) in [5.74, 6) is 3.02. The maximum Gasteiger partial charge on any atom is 1.00 e. The Morgan fingerprint density at radius 2 is 1.64 bits per heavy atom. The van der Waals surface area contributed by atoms with Crippen LogP contribution in [-0.4, -0.2) is 30.3 Å². The predicted octanol–water partition coefficient (Wildman–Crippen LogP) is 0.876.